The van der Waals surface area contributed by atoms with Crippen molar-refractivity contribution in [3.8, 4) is 11.5 Å². The van der Waals surface area contributed by atoms with Crippen LogP contribution in [0.25, 0.3) is 6.08 Å². The number of benzene rings is 1. The van der Waals surface area contributed by atoms with Gasteiger partial charge in [-0.25, -0.2) is 0 Å². The van der Waals surface area contributed by atoms with E-state index in [0.717, 1.165) is 12.0 Å². The molecule has 0 aromatic heterocycles. The molecule has 0 bridgehead atoms. The first-order valence-electron chi connectivity index (χ1n) is 6.16. The molecule has 4 heteroatoms. The van der Waals surface area contributed by atoms with Gasteiger partial charge in [0.15, 0.2) is 17.3 Å². The third kappa shape index (κ3) is 4.95. The molecule has 0 amide bonds. The maximum atomic E-state index is 11.5. The van der Waals surface area contributed by atoms with Crippen LogP contribution in [-0.4, -0.2) is 23.8 Å². The van der Waals surface area contributed by atoms with Crippen LogP contribution in [0.5, 0.6) is 11.5 Å². The Hall–Kier alpha value is -2.10. The number of phenols is 1. The van der Waals surface area contributed by atoms with E-state index in [4.69, 9.17) is 4.74 Å². The second-order valence-corrected chi connectivity index (χ2v) is 4.20. The Labute approximate surface area is 112 Å². The lowest BCUT2D eigenvalue weighted by molar-refractivity contribution is -0.124. The largest absolute Gasteiger partial charge is 0.504 e. The van der Waals surface area contributed by atoms with E-state index >= 15 is 0 Å². The minimum Gasteiger partial charge on any atom is -0.504 e. The number of Topliss-reactive ketones (excluding diaryl/α,β-unsaturated/α-hetero) is 1. The summed E-state index contributed by atoms with van der Waals surface area (Å²) in [7, 11) is 1.46. The third-order valence-electron chi connectivity index (χ3n) is 2.57. The standard InChI is InChI=1S/C15H18O4/c1-3-4-12(16)10-13(17)7-5-11-6-8-14(18)15(9-11)19-2/h5-9,18H,3-4,10H2,1-2H3/b7-5+. The van der Waals surface area contributed by atoms with Crippen molar-refractivity contribution in [1.82, 2.24) is 0 Å². The number of aromatic hydroxyl groups is 1. The SMILES string of the molecule is CCCC(=O)CC(=O)/C=C/c1ccc(O)c(OC)c1. The fourth-order valence-corrected chi connectivity index (χ4v) is 1.61. The molecular formula is C15H18O4. The van der Waals surface area contributed by atoms with E-state index in [1.54, 1.807) is 18.2 Å². The van der Waals surface area contributed by atoms with Crippen molar-refractivity contribution in [2.24, 2.45) is 0 Å². The van der Waals surface area contributed by atoms with Crippen LogP contribution in [-0.2, 0) is 9.59 Å². The van der Waals surface area contributed by atoms with Crippen LogP contribution >= 0.6 is 0 Å². The van der Waals surface area contributed by atoms with Gasteiger partial charge in [-0.2, -0.15) is 0 Å². The first-order valence-corrected chi connectivity index (χ1v) is 6.16. The number of carbonyl (C=O) groups is 2. The van der Waals surface area contributed by atoms with Gasteiger partial charge in [-0.1, -0.05) is 19.1 Å². The van der Waals surface area contributed by atoms with E-state index in [1.165, 1.54) is 19.3 Å². The summed E-state index contributed by atoms with van der Waals surface area (Å²) in [6, 6.07) is 4.77. The van der Waals surface area contributed by atoms with E-state index in [9.17, 15) is 14.7 Å². The Morgan fingerprint density at radius 3 is 2.74 bits per heavy atom. The fraction of sp³-hybridized carbons (Fsp3) is 0.333. The van der Waals surface area contributed by atoms with Crippen LogP contribution in [0.1, 0.15) is 31.7 Å². The van der Waals surface area contributed by atoms with Crippen LogP contribution in [0, 0.1) is 0 Å². The minimum absolute atomic E-state index is 0.0413. The van der Waals surface area contributed by atoms with Gasteiger partial charge >= 0.3 is 0 Å². The van der Waals surface area contributed by atoms with Gasteiger partial charge in [0.05, 0.1) is 13.5 Å². The lowest BCUT2D eigenvalue weighted by Gasteiger charge is -2.03. The number of phenolic OH excluding ortho intramolecular Hbond substituents is 1. The van der Waals surface area contributed by atoms with Crippen molar-refractivity contribution >= 4 is 17.6 Å². The zero-order chi connectivity index (χ0) is 14.3. The van der Waals surface area contributed by atoms with Gasteiger partial charge < -0.3 is 9.84 Å². The number of carbonyl (C=O) groups excluding carboxylic acids is 2. The Morgan fingerprint density at radius 1 is 1.37 bits per heavy atom. The number of rotatable bonds is 7. The zero-order valence-corrected chi connectivity index (χ0v) is 11.2. The van der Waals surface area contributed by atoms with Crippen LogP contribution in [0.2, 0.25) is 0 Å². The van der Waals surface area contributed by atoms with E-state index in [1.807, 2.05) is 6.92 Å². The van der Waals surface area contributed by atoms with Crippen LogP contribution in [0.3, 0.4) is 0 Å². The third-order valence-corrected chi connectivity index (χ3v) is 2.57. The molecule has 4 nitrogen and oxygen atoms in total. The molecule has 0 spiro atoms. The summed E-state index contributed by atoms with van der Waals surface area (Å²) >= 11 is 0. The van der Waals surface area contributed by atoms with E-state index in [0.29, 0.717) is 12.2 Å². The molecule has 1 rings (SSSR count). The summed E-state index contributed by atoms with van der Waals surface area (Å²) in [6.45, 7) is 1.90. The molecule has 0 fully saturated rings. The van der Waals surface area contributed by atoms with Crippen molar-refractivity contribution in [1.29, 1.82) is 0 Å². The summed E-state index contributed by atoms with van der Waals surface area (Å²) in [6.07, 6.45) is 4.11. The molecule has 0 saturated carbocycles. The van der Waals surface area contributed by atoms with Gasteiger partial charge in [0.2, 0.25) is 0 Å². The summed E-state index contributed by atoms with van der Waals surface area (Å²) in [5, 5.41) is 9.43. The van der Waals surface area contributed by atoms with Gasteiger partial charge in [0, 0.05) is 6.42 Å². The lowest BCUT2D eigenvalue weighted by atomic mass is 10.1. The Bertz CT molecular complexity index is 489. The summed E-state index contributed by atoms with van der Waals surface area (Å²) in [5.74, 6) is 0.131. The van der Waals surface area contributed by atoms with Gasteiger partial charge in [-0.15, -0.1) is 0 Å². The van der Waals surface area contributed by atoms with Crippen LogP contribution in [0.15, 0.2) is 24.3 Å². The molecule has 0 heterocycles. The molecule has 1 aromatic carbocycles. The number of allylic oxidation sites excluding steroid dienone is 1. The quantitative estimate of drug-likeness (QED) is 0.606. The average molecular weight is 262 g/mol. The van der Waals surface area contributed by atoms with Gasteiger partial charge in [-0.05, 0) is 30.2 Å². The number of methoxy groups -OCH3 is 1. The van der Waals surface area contributed by atoms with Crippen LogP contribution < -0.4 is 4.74 Å². The van der Waals surface area contributed by atoms with Gasteiger partial charge in [-0.3, -0.25) is 9.59 Å². The predicted molar refractivity (Wildman–Crippen MR) is 73.2 cm³/mol. The molecule has 1 N–H and O–H groups in total. The first kappa shape index (κ1) is 15.0. The number of hydrogen-bond donors (Lipinski definition) is 1. The molecule has 0 atom stereocenters. The molecular weight excluding hydrogens is 244 g/mol. The molecule has 1 aromatic rings. The highest BCUT2D eigenvalue weighted by Crippen LogP contribution is 2.26. The van der Waals surface area contributed by atoms with Crippen LogP contribution in [0.4, 0.5) is 0 Å². The van der Waals surface area contributed by atoms with E-state index in [2.05, 4.69) is 0 Å². The highest BCUT2D eigenvalue weighted by molar-refractivity contribution is 6.06. The van der Waals surface area contributed by atoms with Crippen molar-refractivity contribution in [3.05, 3.63) is 29.8 Å². The second kappa shape index (κ2) is 7.36. The van der Waals surface area contributed by atoms with Crippen molar-refractivity contribution in [2.45, 2.75) is 26.2 Å². The predicted octanol–water partition coefficient (Wildman–Crippen LogP) is 2.74. The van der Waals surface area contributed by atoms with Gasteiger partial charge in [0.25, 0.3) is 0 Å². The fourth-order valence-electron chi connectivity index (χ4n) is 1.61. The van der Waals surface area contributed by atoms with Crippen molar-refractivity contribution in [3.63, 3.8) is 0 Å². The molecule has 0 unspecified atom stereocenters. The van der Waals surface area contributed by atoms with Gasteiger partial charge in [0.1, 0.15) is 5.78 Å². The highest BCUT2D eigenvalue weighted by atomic mass is 16.5. The normalized spacial score (nSPS) is 10.6. The van der Waals surface area contributed by atoms with Crippen molar-refractivity contribution in [2.75, 3.05) is 7.11 Å². The maximum absolute atomic E-state index is 11.5. The molecule has 19 heavy (non-hydrogen) atoms. The Kier molecular flexibility index (Phi) is 5.79. The minimum atomic E-state index is -0.217. The summed E-state index contributed by atoms with van der Waals surface area (Å²) in [4.78, 5) is 22.8. The molecule has 0 saturated heterocycles. The number of ketones is 2. The Balaban J connectivity index is 2.66. The molecule has 0 aliphatic rings. The zero-order valence-electron chi connectivity index (χ0n) is 11.2. The van der Waals surface area contributed by atoms with Crippen molar-refractivity contribution < 1.29 is 19.4 Å². The Morgan fingerprint density at radius 2 is 2.11 bits per heavy atom. The molecule has 0 aliphatic heterocycles. The topological polar surface area (TPSA) is 63.6 Å². The number of ether oxygens (including phenoxy) is 1. The maximum Gasteiger partial charge on any atom is 0.163 e. The monoisotopic (exact) mass is 262 g/mol. The van der Waals surface area contributed by atoms with E-state index < -0.39 is 0 Å². The van der Waals surface area contributed by atoms with E-state index in [-0.39, 0.29) is 23.7 Å². The summed E-state index contributed by atoms with van der Waals surface area (Å²) < 4.78 is 4.97. The average Bonchev–Trinajstić information content (AvgIpc) is 2.38. The smallest absolute Gasteiger partial charge is 0.163 e. The first-order chi connectivity index (χ1) is 9.06. The molecule has 0 radical (unpaired) electrons. The lowest BCUT2D eigenvalue weighted by Crippen LogP contribution is -2.04. The summed E-state index contributed by atoms with van der Waals surface area (Å²) in [5.41, 5.74) is 0.728. The molecule has 102 valence electrons. The highest BCUT2D eigenvalue weighted by Gasteiger charge is 2.06. The second-order valence-electron chi connectivity index (χ2n) is 4.20. The molecule has 0 aliphatic carbocycles. The number of hydrogen-bond acceptors (Lipinski definition) is 4.